The minimum absolute atomic E-state index is 0.0653. The molecule has 2 bridgehead atoms. The Kier molecular flexibility index (Phi) is 9.02. The molecule has 0 spiro atoms. The van der Waals surface area contributed by atoms with Crippen LogP contribution in [0.25, 0.3) is 0 Å². The number of fused-ring (bicyclic) bond motifs is 2. The molecule has 1 atom stereocenters. The van der Waals surface area contributed by atoms with E-state index in [1.807, 2.05) is 0 Å². The zero-order valence-electron chi connectivity index (χ0n) is 14.2. The molecule has 0 saturated heterocycles. The van der Waals surface area contributed by atoms with Crippen molar-refractivity contribution >= 4 is 18.0 Å². The van der Waals surface area contributed by atoms with Crippen molar-refractivity contribution in [3.8, 4) is 0 Å². The Balaban J connectivity index is 1.91. The molecule has 1 unspecified atom stereocenters. The molecular formula is C18H28N2O3S. The Morgan fingerprint density at radius 3 is 3.00 bits per heavy atom. The van der Waals surface area contributed by atoms with Gasteiger partial charge in [-0.15, -0.1) is 0 Å². The molecule has 0 aromatic carbocycles. The highest BCUT2D eigenvalue weighted by Crippen LogP contribution is 2.25. The molecule has 0 fully saturated rings. The van der Waals surface area contributed by atoms with Gasteiger partial charge in [-0.2, -0.15) is 0 Å². The molecule has 134 valence electrons. The highest BCUT2D eigenvalue weighted by atomic mass is 32.2. The highest BCUT2D eigenvalue weighted by Gasteiger charge is 2.11. The summed E-state index contributed by atoms with van der Waals surface area (Å²) < 4.78 is 8.24. The standard InChI is InChI=1S/C18H28N2O3S/c21-18(22)19-12-7-14-20-13-4-2-1-3-5-15-23-16-8-6-9-17(24-20)11-10-16/h6,8-11,16,19H,1-5,7,12-15H2,(H,21,22). The van der Waals surface area contributed by atoms with Gasteiger partial charge in [-0.25, -0.2) is 9.10 Å². The molecule has 2 N–H and O–H groups in total. The summed E-state index contributed by atoms with van der Waals surface area (Å²) in [5.41, 5.74) is 0. The van der Waals surface area contributed by atoms with Gasteiger partial charge in [0.25, 0.3) is 0 Å². The van der Waals surface area contributed by atoms with Gasteiger partial charge in [0.15, 0.2) is 0 Å². The maximum absolute atomic E-state index is 10.5. The van der Waals surface area contributed by atoms with E-state index in [4.69, 9.17) is 9.84 Å². The Bertz CT molecular complexity index is 477. The number of ether oxygens (including phenoxy) is 1. The fraction of sp³-hybridized carbons (Fsp3) is 0.611. The summed E-state index contributed by atoms with van der Waals surface area (Å²) in [6.07, 6.45) is 16.5. The molecule has 24 heavy (non-hydrogen) atoms. The molecule has 5 nitrogen and oxygen atoms in total. The van der Waals surface area contributed by atoms with Gasteiger partial charge in [-0.1, -0.05) is 37.5 Å². The first-order valence-electron chi connectivity index (χ1n) is 8.82. The van der Waals surface area contributed by atoms with Crippen molar-refractivity contribution in [3.05, 3.63) is 35.3 Å². The lowest BCUT2D eigenvalue weighted by molar-refractivity contribution is 0.111. The summed E-state index contributed by atoms with van der Waals surface area (Å²) in [5, 5.41) is 11.1. The average molecular weight is 352 g/mol. The van der Waals surface area contributed by atoms with Crippen LogP contribution >= 0.6 is 11.9 Å². The molecule has 0 aromatic rings. The third kappa shape index (κ3) is 8.04. The molecular weight excluding hydrogens is 324 g/mol. The van der Waals surface area contributed by atoms with Crippen LogP contribution < -0.4 is 5.32 Å². The van der Waals surface area contributed by atoms with Crippen molar-refractivity contribution in [3.63, 3.8) is 0 Å². The van der Waals surface area contributed by atoms with Crippen molar-refractivity contribution in [2.75, 3.05) is 26.2 Å². The van der Waals surface area contributed by atoms with Gasteiger partial charge < -0.3 is 15.2 Å². The van der Waals surface area contributed by atoms with Gasteiger partial charge in [0.2, 0.25) is 0 Å². The molecule has 1 amide bonds. The monoisotopic (exact) mass is 352 g/mol. The van der Waals surface area contributed by atoms with Gasteiger partial charge in [0, 0.05) is 31.1 Å². The van der Waals surface area contributed by atoms with Crippen molar-refractivity contribution in [2.45, 2.75) is 44.6 Å². The molecule has 1 aliphatic heterocycles. The van der Waals surface area contributed by atoms with Crippen LogP contribution in [0.2, 0.25) is 0 Å². The molecule has 0 radical (unpaired) electrons. The summed E-state index contributed by atoms with van der Waals surface area (Å²) in [6.45, 7) is 3.23. The number of amides is 1. The fourth-order valence-electron chi connectivity index (χ4n) is 2.68. The zero-order chi connectivity index (χ0) is 17.0. The summed E-state index contributed by atoms with van der Waals surface area (Å²) in [7, 11) is 0. The topological polar surface area (TPSA) is 61.8 Å². The Hall–Kier alpha value is -1.24. The van der Waals surface area contributed by atoms with Crippen LogP contribution in [-0.4, -0.2) is 47.9 Å². The van der Waals surface area contributed by atoms with Crippen LogP contribution in [0.3, 0.4) is 0 Å². The third-order valence-corrected chi connectivity index (χ3v) is 5.07. The first kappa shape index (κ1) is 19.1. The van der Waals surface area contributed by atoms with Gasteiger partial charge in [-0.05, 0) is 43.4 Å². The lowest BCUT2D eigenvalue weighted by Crippen LogP contribution is -2.26. The maximum Gasteiger partial charge on any atom is 0.404 e. The maximum atomic E-state index is 10.5. The van der Waals surface area contributed by atoms with Crippen molar-refractivity contribution < 1.29 is 14.6 Å². The summed E-state index contributed by atoms with van der Waals surface area (Å²) in [6, 6.07) is 0. The summed E-state index contributed by atoms with van der Waals surface area (Å²) in [4.78, 5) is 11.7. The highest BCUT2D eigenvalue weighted by molar-refractivity contribution is 8.01. The molecule has 6 heteroatoms. The number of hydrogen-bond acceptors (Lipinski definition) is 4. The van der Waals surface area contributed by atoms with Crippen molar-refractivity contribution in [1.82, 2.24) is 9.62 Å². The SMILES string of the molecule is O=C(O)NCCCN1CCCCCCCOC2C=CC=C(C=C2)S1. The van der Waals surface area contributed by atoms with E-state index in [1.165, 1.54) is 30.6 Å². The van der Waals surface area contributed by atoms with E-state index in [-0.39, 0.29) is 6.10 Å². The Morgan fingerprint density at radius 2 is 2.12 bits per heavy atom. The summed E-state index contributed by atoms with van der Waals surface area (Å²) in [5.74, 6) is 0. The van der Waals surface area contributed by atoms with Crippen LogP contribution in [0.5, 0.6) is 0 Å². The summed E-state index contributed by atoms with van der Waals surface area (Å²) >= 11 is 1.75. The minimum atomic E-state index is -0.950. The molecule has 1 heterocycles. The number of carbonyl (C=O) groups is 1. The number of hydrogen-bond donors (Lipinski definition) is 2. The van der Waals surface area contributed by atoms with E-state index in [2.05, 4.69) is 40.0 Å². The third-order valence-electron chi connectivity index (χ3n) is 3.97. The van der Waals surface area contributed by atoms with Gasteiger partial charge in [0.1, 0.15) is 0 Å². The predicted octanol–water partition coefficient (Wildman–Crippen LogP) is 3.95. The zero-order valence-corrected chi connectivity index (χ0v) is 15.0. The molecule has 0 saturated carbocycles. The second kappa shape index (κ2) is 11.3. The van der Waals surface area contributed by atoms with Crippen LogP contribution in [0.4, 0.5) is 4.79 Å². The van der Waals surface area contributed by atoms with Gasteiger partial charge in [-0.3, -0.25) is 0 Å². The molecule has 2 rings (SSSR count). The van der Waals surface area contributed by atoms with Crippen LogP contribution in [0.15, 0.2) is 35.3 Å². The first-order chi connectivity index (χ1) is 11.7. The fourth-order valence-corrected chi connectivity index (χ4v) is 3.70. The number of rotatable bonds is 4. The van der Waals surface area contributed by atoms with Crippen LogP contribution in [-0.2, 0) is 4.74 Å². The number of nitrogens with one attached hydrogen (secondary N) is 1. The van der Waals surface area contributed by atoms with Crippen LogP contribution in [0, 0.1) is 0 Å². The van der Waals surface area contributed by atoms with E-state index in [9.17, 15) is 4.79 Å². The number of nitrogens with zero attached hydrogens (tertiary/aromatic N) is 1. The smallest absolute Gasteiger partial charge is 0.404 e. The Labute approximate surface area is 149 Å². The quantitative estimate of drug-likeness (QED) is 0.592. The van der Waals surface area contributed by atoms with Crippen LogP contribution in [0.1, 0.15) is 38.5 Å². The van der Waals surface area contributed by atoms with Crippen molar-refractivity contribution in [2.24, 2.45) is 0 Å². The average Bonchev–Trinajstić information content (AvgIpc) is 2.78. The normalized spacial score (nSPS) is 23.3. The number of carboxylic acid groups (broad SMARTS) is 1. The molecule has 2 aliphatic rings. The number of allylic oxidation sites excluding steroid dienone is 3. The van der Waals surface area contributed by atoms with E-state index < -0.39 is 6.09 Å². The lowest BCUT2D eigenvalue weighted by Gasteiger charge is -2.21. The molecule has 0 aromatic heterocycles. The predicted molar refractivity (Wildman–Crippen MR) is 99.0 cm³/mol. The first-order valence-corrected chi connectivity index (χ1v) is 9.59. The van der Waals surface area contributed by atoms with E-state index >= 15 is 0 Å². The van der Waals surface area contributed by atoms with Crippen molar-refractivity contribution in [1.29, 1.82) is 0 Å². The largest absolute Gasteiger partial charge is 0.465 e. The van der Waals surface area contributed by atoms with Gasteiger partial charge in [0.05, 0.1) is 6.10 Å². The van der Waals surface area contributed by atoms with E-state index in [0.717, 1.165) is 32.5 Å². The lowest BCUT2D eigenvalue weighted by atomic mass is 10.1. The van der Waals surface area contributed by atoms with E-state index in [0.29, 0.717) is 6.54 Å². The van der Waals surface area contributed by atoms with Gasteiger partial charge >= 0.3 is 6.09 Å². The van der Waals surface area contributed by atoms with E-state index in [1.54, 1.807) is 11.9 Å². The minimum Gasteiger partial charge on any atom is -0.465 e. The second-order valence-corrected chi connectivity index (χ2v) is 7.19. The molecule has 1 aliphatic carbocycles. The second-order valence-electron chi connectivity index (χ2n) is 6.02. The Morgan fingerprint density at radius 1 is 1.29 bits per heavy atom.